The van der Waals surface area contributed by atoms with Gasteiger partial charge in [0, 0.05) is 12.0 Å². The molecule has 1 saturated carbocycles. The summed E-state index contributed by atoms with van der Waals surface area (Å²) in [7, 11) is 0. The Hall–Kier alpha value is -0.370. The van der Waals surface area contributed by atoms with E-state index in [0.717, 1.165) is 25.8 Å². The summed E-state index contributed by atoms with van der Waals surface area (Å²) in [5.74, 6) is 0.873. The monoisotopic (exact) mass is 253 g/mol. The van der Waals surface area contributed by atoms with Crippen LogP contribution in [0.5, 0.6) is 0 Å². The summed E-state index contributed by atoms with van der Waals surface area (Å²) in [5, 5.41) is 0. The summed E-state index contributed by atoms with van der Waals surface area (Å²) in [6, 6.07) is 0.545. The zero-order chi connectivity index (χ0) is 13.4. The molecule has 0 aromatic heterocycles. The molecular formula is C16H31NO. The largest absolute Gasteiger partial charge is 0.298 e. The molecule has 1 atom stereocenters. The normalized spacial score (nSPS) is 19.1. The molecule has 2 nitrogen and oxygen atoms in total. The number of ketones is 1. The first-order chi connectivity index (χ1) is 8.69. The third-order valence-electron chi connectivity index (χ3n) is 4.43. The minimum absolute atomic E-state index is 0.368. The molecule has 0 spiro atoms. The number of hydrogen-bond donors (Lipinski definition) is 0. The summed E-state index contributed by atoms with van der Waals surface area (Å²) in [4.78, 5) is 14.8. The Labute approximate surface area is 113 Å². The SMILES string of the molecule is CCCCN(CC(=O)C1CCCCC1)C(C)CC. The van der Waals surface area contributed by atoms with Crippen molar-refractivity contribution in [2.75, 3.05) is 13.1 Å². The number of unbranched alkanes of at least 4 members (excludes halogenated alkanes) is 1. The minimum atomic E-state index is 0.368. The van der Waals surface area contributed by atoms with E-state index in [2.05, 4.69) is 25.7 Å². The van der Waals surface area contributed by atoms with E-state index in [1.165, 1.54) is 32.1 Å². The fourth-order valence-electron chi connectivity index (χ4n) is 2.83. The number of Topliss-reactive ketones (excluding diaryl/α,β-unsaturated/α-hetero) is 1. The Kier molecular flexibility index (Phi) is 7.57. The maximum atomic E-state index is 12.4. The van der Waals surface area contributed by atoms with E-state index in [1.54, 1.807) is 0 Å². The minimum Gasteiger partial charge on any atom is -0.298 e. The van der Waals surface area contributed by atoms with Gasteiger partial charge in [-0.3, -0.25) is 9.69 Å². The van der Waals surface area contributed by atoms with Gasteiger partial charge in [-0.05, 0) is 39.2 Å². The Bertz CT molecular complexity index is 233. The van der Waals surface area contributed by atoms with Crippen molar-refractivity contribution in [2.24, 2.45) is 5.92 Å². The van der Waals surface area contributed by atoms with E-state index in [0.29, 0.717) is 24.3 Å². The van der Waals surface area contributed by atoms with Gasteiger partial charge in [0.1, 0.15) is 5.78 Å². The number of nitrogens with zero attached hydrogens (tertiary/aromatic N) is 1. The molecule has 106 valence electrons. The van der Waals surface area contributed by atoms with Crippen LogP contribution in [0.25, 0.3) is 0 Å². The summed E-state index contributed by atoms with van der Waals surface area (Å²) in [6.45, 7) is 8.47. The van der Waals surface area contributed by atoms with Crippen LogP contribution in [0.1, 0.15) is 72.1 Å². The Morgan fingerprint density at radius 2 is 1.89 bits per heavy atom. The highest BCUT2D eigenvalue weighted by Gasteiger charge is 2.24. The van der Waals surface area contributed by atoms with Crippen LogP contribution in [0.2, 0.25) is 0 Å². The second-order valence-corrected chi connectivity index (χ2v) is 5.88. The van der Waals surface area contributed by atoms with E-state index in [9.17, 15) is 4.79 Å². The second kappa shape index (κ2) is 8.68. The molecule has 1 fully saturated rings. The average Bonchev–Trinajstić information content (AvgIpc) is 2.43. The van der Waals surface area contributed by atoms with Crippen molar-refractivity contribution in [3.8, 4) is 0 Å². The first kappa shape index (κ1) is 15.7. The number of rotatable bonds is 8. The smallest absolute Gasteiger partial charge is 0.149 e. The highest BCUT2D eigenvalue weighted by Crippen LogP contribution is 2.25. The Balaban J connectivity index is 2.44. The van der Waals surface area contributed by atoms with Gasteiger partial charge in [0.05, 0.1) is 6.54 Å². The fraction of sp³-hybridized carbons (Fsp3) is 0.938. The molecule has 1 aliphatic rings. The van der Waals surface area contributed by atoms with Gasteiger partial charge in [-0.2, -0.15) is 0 Å². The molecule has 0 aromatic rings. The summed E-state index contributed by atoms with van der Waals surface area (Å²) in [5.41, 5.74) is 0. The molecule has 0 aliphatic heterocycles. The van der Waals surface area contributed by atoms with E-state index >= 15 is 0 Å². The molecule has 18 heavy (non-hydrogen) atoms. The van der Waals surface area contributed by atoms with E-state index in [4.69, 9.17) is 0 Å². The summed E-state index contributed by atoms with van der Waals surface area (Å²) in [6.07, 6.45) is 9.69. The van der Waals surface area contributed by atoms with E-state index in [-0.39, 0.29) is 0 Å². The van der Waals surface area contributed by atoms with E-state index in [1.807, 2.05) is 0 Å². The molecule has 2 heteroatoms. The third kappa shape index (κ3) is 5.09. The quantitative estimate of drug-likeness (QED) is 0.651. The molecule has 0 heterocycles. The van der Waals surface area contributed by atoms with Gasteiger partial charge in [-0.1, -0.05) is 39.5 Å². The second-order valence-electron chi connectivity index (χ2n) is 5.88. The van der Waals surface area contributed by atoms with Gasteiger partial charge in [0.2, 0.25) is 0 Å². The molecule has 0 aromatic carbocycles. The van der Waals surface area contributed by atoms with Crippen molar-refractivity contribution >= 4 is 5.78 Å². The van der Waals surface area contributed by atoms with Crippen LogP contribution in [-0.4, -0.2) is 29.8 Å². The number of hydrogen-bond acceptors (Lipinski definition) is 2. The van der Waals surface area contributed by atoms with Crippen LogP contribution in [0.15, 0.2) is 0 Å². The van der Waals surface area contributed by atoms with Crippen molar-refractivity contribution in [1.82, 2.24) is 4.90 Å². The number of carbonyl (C=O) groups is 1. The molecular weight excluding hydrogens is 222 g/mol. The van der Waals surface area contributed by atoms with Gasteiger partial charge in [-0.25, -0.2) is 0 Å². The van der Waals surface area contributed by atoms with Gasteiger partial charge in [0.15, 0.2) is 0 Å². The third-order valence-corrected chi connectivity index (χ3v) is 4.43. The predicted octanol–water partition coefficient (Wildman–Crippen LogP) is 4.04. The molecule has 1 aliphatic carbocycles. The van der Waals surface area contributed by atoms with Crippen LogP contribution in [0, 0.1) is 5.92 Å². The van der Waals surface area contributed by atoms with Gasteiger partial charge < -0.3 is 0 Å². The maximum Gasteiger partial charge on any atom is 0.149 e. The molecule has 1 unspecified atom stereocenters. The molecule has 0 N–H and O–H groups in total. The molecule has 0 saturated heterocycles. The van der Waals surface area contributed by atoms with Crippen molar-refractivity contribution in [1.29, 1.82) is 0 Å². The zero-order valence-corrected chi connectivity index (χ0v) is 12.6. The van der Waals surface area contributed by atoms with Crippen LogP contribution in [0.3, 0.4) is 0 Å². The predicted molar refractivity (Wildman–Crippen MR) is 77.8 cm³/mol. The maximum absolute atomic E-state index is 12.4. The van der Waals surface area contributed by atoms with Gasteiger partial charge in [-0.15, -0.1) is 0 Å². The molecule has 1 rings (SSSR count). The Morgan fingerprint density at radius 3 is 2.44 bits per heavy atom. The fourth-order valence-corrected chi connectivity index (χ4v) is 2.83. The first-order valence-corrected chi connectivity index (χ1v) is 7.95. The molecule has 0 radical (unpaired) electrons. The lowest BCUT2D eigenvalue weighted by Crippen LogP contribution is -2.40. The molecule has 0 amide bonds. The number of carbonyl (C=O) groups excluding carboxylic acids is 1. The highest BCUT2D eigenvalue weighted by atomic mass is 16.1. The van der Waals surface area contributed by atoms with Crippen LogP contribution < -0.4 is 0 Å². The average molecular weight is 253 g/mol. The topological polar surface area (TPSA) is 20.3 Å². The van der Waals surface area contributed by atoms with Crippen LogP contribution in [-0.2, 0) is 4.79 Å². The lowest BCUT2D eigenvalue weighted by Gasteiger charge is -2.30. The standard InChI is InChI=1S/C16H31NO/c1-4-6-12-17(14(3)5-2)13-16(18)15-10-8-7-9-11-15/h14-15H,4-13H2,1-3H3. The van der Waals surface area contributed by atoms with Crippen LogP contribution in [0.4, 0.5) is 0 Å². The summed E-state index contributed by atoms with van der Waals surface area (Å²) < 4.78 is 0. The molecule has 0 bridgehead atoms. The van der Waals surface area contributed by atoms with Gasteiger partial charge in [0.25, 0.3) is 0 Å². The Morgan fingerprint density at radius 1 is 1.22 bits per heavy atom. The van der Waals surface area contributed by atoms with Crippen molar-refractivity contribution < 1.29 is 4.79 Å². The highest BCUT2D eigenvalue weighted by molar-refractivity contribution is 5.83. The van der Waals surface area contributed by atoms with E-state index < -0.39 is 0 Å². The van der Waals surface area contributed by atoms with Gasteiger partial charge >= 0.3 is 0 Å². The lowest BCUT2D eigenvalue weighted by molar-refractivity contribution is -0.125. The van der Waals surface area contributed by atoms with Crippen molar-refractivity contribution in [3.05, 3.63) is 0 Å². The van der Waals surface area contributed by atoms with Crippen LogP contribution >= 0.6 is 0 Å². The van der Waals surface area contributed by atoms with Crippen molar-refractivity contribution in [2.45, 2.75) is 78.2 Å². The van der Waals surface area contributed by atoms with Crippen molar-refractivity contribution in [3.63, 3.8) is 0 Å². The zero-order valence-electron chi connectivity index (χ0n) is 12.6. The summed E-state index contributed by atoms with van der Waals surface area (Å²) >= 11 is 0. The first-order valence-electron chi connectivity index (χ1n) is 7.95. The lowest BCUT2D eigenvalue weighted by atomic mass is 9.86.